The third-order valence-corrected chi connectivity index (χ3v) is 4.34. The maximum Gasteiger partial charge on any atom is 0.0924 e. The van der Waals surface area contributed by atoms with Crippen LogP contribution in [0.15, 0.2) is 0 Å². The minimum Gasteiger partial charge on any atom is -0.390 e. The van der Waals surface area contributed by atoms with Crippen molar-refractivity contribution >= 4 is 11.8 Å². The normalized spacial score (nSPS) is 32.8. The average molecular weight is 246 g/mol. The topological polar surface area (TPSA) is 38.7 Å². The zero-order chi connectivity index (χ0) is 11.2. The van der Waals surface area contributed by atoms with Crippen LogP contribution < -0.4 is 0 Å². The van der Waals surface area contributed by atoms with Gasteiger partial charge in [-0.2, -0.15) is 11.8 Å². The lowest BCUT2D eigenvalue weighted by Gasteiger charge is -2.26. The molecule has 2 aliphatic heterocycles. The molecular formula is C12H22O3S. The van der Waals surface area contributed by atoms with Gasteiger partial charge in [-0.3, -0.25) is 0 Å². The highest BCUT2D eigenvalue weighted by atomic mass is 32.2. The molecule has 1 N–H and O–H groups in total. The van der Waals surface area contributed by atoms with Crippen LogP contribution in [0.5, 0.6) is 0 Å². The summed E-state index contributed by atoms with van der Waals surface area (Å²) in [5.74, 6) is 2.01. The van der Waals surface area contributed by atoms with Gasteiger partial charge in [0.2, 0.25) is 0 Å². The Morgan fingerprint density at radius 1 is 1.31 bits per heavy atom. The van der Waals surface area contributed by atoms with Gasteiger partial charge in [-0.05, 0) is 32.1 Å². The molecule has 0 bridgehead atoms. The predicted octanol–water partition coefficient (Wildman–Crippen LogP) is 1.83. The molecule has 4 heteroatoms. The molecule has 2 rings (SSSR count). The first-order valence-electron chi connectivity index (χ1n) is 6.35. The van der Waals surface area contributed by atoms with Gasteiger partial charge in [-0.25, -0.2) is 0 Å². The smallest absolute Gasteiger partial charge is 0.0924 e. The molecule has 16 heavy (non-hydrogen) atoms. The zero-order valence-electron chi connectivity index (χ0n) is 9.77. The van der Waals surface area contributed by atoms with Gasteiger partial charge in [0.25, 0.3) is 0 Å². The monoisotopic (exact) mass is 246 g/mol. The Labute approximate surface area is 102 Å². The molecule has 94 valence electrons. The van der Waals surface area contributed by atoms with E-state index in [1.165, 1.54) is 12.8 Å². The van der Waals surface area contributed by atoms with Crippen molar-refractivity contribution in [2.24, 2.45) is 0 Å². The average Bonchev–Trinajstić information content (AvgIpc) is 2.83. The molecule has 2 fully saturated rings. The summed E-state index contributed by atoms with van der Waals surface area (Å²) in [7, 11) is 0. The van der Waals surface area contributed by atoms with Crippen LogP contribution >= 0.6 is 11.8 Å². The van der Waals surface area contributed by atoms with Crippen LogP contribution in [0.4, 0.5) is 0 Å². The van der Waals surface area contributed by atoms with Crippen molar-refractivity contribution in [1.82, 2.24) is 0 Å². The molecular weight excluding hydrogens is 224 g/mol. The molecule has 3 nitrogen and oxygen atoms in total. The van der Waals surface area contributed by atoms with E-state index in [0.717, 1.165) is 44.0 Å². The van der Waals surface area contributed by atoms with Crippen LogP contribution in [0.3, 0.4) is 0 Å². The number of rotatable bonds is 5. The zero-order valence-corrected chi connectivity index (χ0v) is 10.6. The van der Waals surface area contributed by atoms with Crippen LogP contribution in [0.2, 0.25) is 0 Å². The van der Waals surface area contributed by atoms with Crippen molar-refractivity contribution in [2.75, 3.05) is 24.7 Å². The van der Waals surface area contributed by atoms with Crippen molar-refractivity contribution in [3.8, 4) is 0 Å². The van der Waals surface area contributed by atoms with E-state index >= 15 is 0 Å². The third-order valence-electron chi connectivity index (χ3n) is 3.32. The van der Waals surface area contributed by atoms with E-state index < -0.39 is 0 Å². The molecule has 0 saturated carbocycles. The molecule has 0 aliphatic carbocycles. The molecule has 3 unspecified atom stereocenters. The van der Waals surface area contributed by atoms with E-state index in [1.54, 1.807) is 0 Å². The summed E-state index contributed by atoms with van der Waals surface area (Å²) in [5.41, 5.74) is 0. The predicted molar refractivity (Wildman–Crippen MR) is 65.9 cm³/mol. The summed E-state index contributed by atoms with van der Waals surface area (Å²) in [5, 5.41) is 9.97. The second-order valence-corrected chi connectivity index (χ2v) is 5.77. The highest BCUT2D eigenvalue weighted by molar-refractivity contribution is 7.99. The van der Waals surface area contributed by atoms with Crippen LogP contribution in [-0.2, 0) is 9.47 Å². The van der Waals surface area contributed by atoms with Crippen LogP contribution in [-0.4, -0.2) is 48.1 Å². The first-order valence-corrected chi connectivity index (χ1v) is 7.51. The Kier molecular flexibility index (Phi) is 5.42. The van der Waals surface area contributed by atoms with Crippen LogP contribution in [0.1, 0.15) is 32.1 Å². The van der Waals surface area contributed by atoms with Crippen molar-refractivity contribution in [2.45, 2.75) is 50.4 Å². The summed E-state index contributed by atoms with van der Waals surface area (Å²) in [4.78, 5) is 0. The summed E-state index contributed by atoms with van der Waals surface area (Å²) in [6, 6.07) is 0. The molecule has 0 aromatic heterocycles. The van der Waals surface area contributed by atoms with Crippen LogP contribution in [0.25, 0.3) is 0 Å². The lowest BCUT2D eigenvalue weighted by Crippen LogP contribution is -2.35. The van der Waals surface area contributed by atoms with E-state index in [2.05, 4.69) is 0 Å². The Bertz CT molecular complexity index is 189. The minimum absolute atomic E-state index is 0.0586. The first-order chi connectivity index (χ1) is 7.86. The van der Waals surface area contributed by atoms with E-state index in [0.29, 0.717) is 6.10 Å². The molecule has 2 aliphatic rings. The summed E-state index contributed by atoms with van der Waals surface area (Å²) in [6.07, 6.45) is 5.63. The molecule has 0 aromatic rings. The number of thioether (sulfide) groups is 1. The Balaban J connectivity index is 1.57. The lowest BCUT2D eigenvalue weighted by molar-refractivity contribution is -0.0269. The molecule has 2 saturated heterocycles. The molecule has 2 heterocycles. The largest absolute Gasteiger partial charge is 0.390 e. The number of aliphatic hydroxyl groups is 1. The number of ether oxygens (including phenoxy) is 2. The van der Waals surface area contributed by atoms with E-state index in [4.69, 9.17) is 9.47 Å². The molecule has 0 radical (unpaired) electrons. The van der Waals surface area contributed by atoms with Crippen LogP contribution in [0, 0.1) is 0 Å². The number of hydrogen-bond donors (Lipinski definition) is 1. The highest BCUT2D eigenvalue weighted by Gasteiger charge is 2.23. The van der Waals surface area contributed by atoms with Crippen molar-refractivity contribution in [3.63, 3.8) is 0 Å². The second kappa shape index (κ2) is 6.84. The van der Waals surface area contributed by atoms with Gasteiger partial charge >= 0.3 is 0 Å². The highest BCUT2D eigenvalue weighted by Crippen LogP contribution is 2.21. The summed E-state index contributed by atoms with van der Waals surface area (Å²) in [6.45, 7) is 1.72. The Morgan fingerprint density at radius 3 is 2.94 bits per heavy atom. The maximum absolute atomic E-state index is 9.97. The van der Waals surface area contributed by atoms with Crippen molar-refractivity contribution in [1.29, 1.82) is 0 Å². The molecule has 0 aromatic carbocycles. The van der Waals surface area contributed by atoms with Gasteiger partial charge in [0.05, 0.1) is 24.9 Å². The second-order valence-electron chi connectivity index (χ2n) is 4.62. The fourth-order valence-corrected chi connectivity index (χ4v) is 3.27. The third kappa shape index (κ3) is 3.91. The lowest BCUT2D eigenvalue weighted by atomic mass is 10.0. The summed E-state index contributed by atoms with van der Waals surface area (Å²) >= 11 is 1.88. The van der Waals surface area contributed by atoms with Gasteiger partial charge in [0, 0.05) is 18.1 Å². The first kappa shape index (κ1) is 12.7. The number of hydrogen-bond acceptors (Lipinski definition) is 4. The van der Waals surface area contributed by atoms with E-state index in [1.807, 2.05) is 11.8 Å². The van der Waals surface area contributed by atoms with Crippen molar-refractivity contribution < 1.29 is 14.6 Å². The van der Waals surface area contributed by atoms with Gasteiger partial charge < -0.3 is 14.6 Å². The van der Waals surface area contributed by atoms with Gasteiger partial charge in [0.1, 0.15) is 0 Å². The summed E-state index contributed by atoms with van der Waals surface area (Å²) < 4.78 is 11.1. The van der Waals surface area contributed by atoms with Gasteiger partial charge in [-0.15, -0.1) is 0 Å². The maximum atomic E-state index is 9.97. The molecule has 0 amide bonds. The quantitative estimate of drug-likeness (QED) is 0.803. The molecule has 3 atom stereocenters. The van der Waals surface area contributed by atoms with Gasteiger partial charge in [-0.1, -0.05) is 0 Å². The van der Waals surface area contributed by atoms with Gasteiger partial charge in [0.15, 0.2) is 0 Å². The fourth-order valence-electron chi connectivity index (χ4n) is 2.34. The number of aliphatic hydroxyl groups excluding tert-OH is 1. The van der Waals surface area contributed by atoms with E-state index in [-0.39, 0.29) is 12.2 Å². The Morgan fingerprint density at radius 2 is 2.25 bits per heavy atom. The van der Waals surface area contributed by atoms with E-state index in [9.17, 15) is 5.11 Å². The fraction of sp³-hybridized carbons (Fsp3) is 1.00. The Hall–Kier alpha value is 0.230. The standard InChI is InChI=1S/C12H22O3S/c13-11(12-9-16-8-7-15-12)5-1-3-10-4-2-6-14-10/h10-13H,1-9H2. The molecule has 0 spiro atoms. The SMILES string of the molecule is OC(CCCC1CCCO1)C1CSCCO1. The van der Waals surface area contributed by atoms with Crippen molar-refractivity contribution in [3.05, 3.63) is 0 Å². The minimum atomic E-state index is -0.283.